The largest absolute Gasteiger partial charge is 0.392 e. The minimum atomic E-state index is -0.963. The van der Waals surface area contributed by atoms with E-state index in [2.05, 4.69) is 5.32 Å². The predicted octanol–water partition coefficient (Wildman–Crippen LogP) is 0.0121. The number of rotatable bonds is 5. The molecule has 0 spiro atoms. The molecule has 2 N–H and O–H groups in total. The van der Waals surface area contributed by atoms with E-state index in [0.717, 1.165) is 0 Å². The van der Waals surface area contributed by atoms with Gasteiger partial charge in [0.15, 0.2) is 0 Å². The number of nitro groups is 1. The zero-order valence-electron chi connectivity index (χ0n) is 7.70. The van der Waals surface area contributed by atoms with Gasteiger partial charge >= 0.3 is 0 Å². The highest BCUT2D eigenvalue weighted by Crippen LogP contribution is 2.04. The summed E-state index contributed by atoms with van der Waals surface area (Å²) in [6.07, 6.45) is -0.465. The van der Waals surface area contributed by atoms with Crippen molar-refractivity contribution in [3.05, 3.63) is 10.1 Å². The van der Waals surface area contributed by atoms with Crippen molar-refractivity contribution in [2.45, 2.75) is 32.4 Å². The molecule has 0 rings (SSSR count). The third kappa shape index (κ3) is 4.25. The maximum atomic E-state index is 10.4. The van der Waals surface area contributed by atoms with Crippen molar-refractivity contribution in [1.82, 2.24) is 5.32 Å². The van der Waals surface area contributed by atoms with Crippen LogP contribution in [0.25, 0.3) is 0 Å². The van der Waals surface area contributed by atoms with Gasteiger partial charge in [-0.15, -0.1) is 0 Å². The van der Waals surface area contributed by atoms with Crippen LogP contribution >= 0.6 is 0 Å². The molecule has 0 amide bonds. The topological polar surface area (TPSA) is 75.4 Å². The van der Waals surface area contributed by atoms with E-state index >= 15 is 0 Å². The van der Waals surface area contributed by atoms with Crippen LogP contribution in [-0.4, -0.2) is 34.8 Å². The summed E-state index contributed by atoms with van der Waals surface area (Å²) < 4.78 is 0. The van der Waals surface area contributed by atoms with Crippen LogP contribution in [0.4, 0.5) is 0 Å². The molecule has 0 aliphatic rings. The molecule has 5 heteroatoms. The molecule has 0 aliphatic heterocycles. The van der Waals surface area contributed by atoms with Gasteiger partial charge in [-0.3, -0.25) is 10.1 Å². The molecule has 0 aromatic rings. The molecule has 0 bridgehead atoms. The van der Waals surface area contributed by atoms with Crippen molar-refractivity contribution in [2.75, 3.05) is 13.1 Å². The van der Waals surface area contributed by atoms with E-state index in [9.17, 15) is 10.1 Å². The first-order chi connectivity index (χ1) is 5.36. The zero-order chi connectivity index (χ0) is 9.78. The Balaban J connectivity index is 3.69. The van der Waals surface area contributed by atoms with Crippen LogP contribution in [0.3, 0.4) is 0 Å². The lowest BCUT2D eigenvalue weighted by atomic mass is 10.1. The average Bonchev–Trinajstić information content (AvgIpc) is 1.85. The van der Waals surface area contributed by atoms with Crippen molar-refractivity contribution in [3.8, 4) is 0 Å². The molecule has 5 nitrogen and oxygen atoms in total. The molecule has 0 fully saturated rings. The molecule has 0 saturated heterocycles. The van der Waals surface area contributed by atoms with E-state index in [4.69, 9.17) is 5.11 Å². The number of hydrogen-bond donors (Lipinski definition) is 2. The minimum absolute atomic E-state index is 0.269. The highest BCUT2D eigenvalue weighted by atomic mass is 16.6. The Hall–Kier alpha value is -0.680. The van der Waals surface area contributed by atoms with Crippen LogP contribution in [0.5, 0.6) is 0 Å². The Kier molecular flexibility index (Phi) is 4.12. The molecule has 12 heavy (non-hydrogen) atoms. The molecular weight excluding hydrogens is 160 g/mol. The van der Waals surface area contributed by atoms with Gasteiger partial charge in [-0.25, -0.2) is 0 Å². The fraction of sp³-hybridized carbons (Fsp3) is 1.00. The number of hydrogen-bond acceptors (Lipinski definition) is 4. The van der Waals surface area contributed by atoms with Crippen molar-refractivity contribution in [3.63, 3.8) is 0 Å². The number of nitrogens with one attached hydrogen (secondary N) is 1. The highest BCUT2D eigenvalue weighted by Gasteiger charge is 2.29. The lowest BCUT2D eigenvalue weighted by molar-refractivity contribution is -0.558. The molecule has 1 unspecified atom stereocenters. The first-order valence-electron chi connectivity index (χ1n) is 3.89. The van der Waals surface area contributed by atoms with E-state index in [0.29, 0.717) is 6.54 Å². The van der Waals surface area contributed by atoms with Crippen molar-refractivity contribution in [1.29, 1.82) is 0 Å². The van der Waals surface area contributed by atoms with Crippen LogP contribution in [0.15, 0.2) is 0 Å². The Morgan fingerprint density at radius 3 is 2.50 bits per heavy atom. The molecule has 0 aromatic carbocycles. The molecule has 0 heterocycles. The Morgan fingerprint density at radius 2 is 2.17 bits per heavy atom. The van der Waals surface area contributed by atoms with Gasteiger partial charge in [0.25, 0.3) is 0 Å². The third-order valence-electron chi connectivity index (χ3n) is 1.49. The zero-order valence-corrected chi connectivity index (χ0v) is 7.70. The lowest BCUT2D eigenvalue weighted by Crippen LogP contribution is -2.43. The van der Waals surface area contributed by atoms with E-state index in [1.54, 1.807) is 20.8 Å². The number of aliphatic hydroxyl groups excluding tert-OH is 1. The van der Waals surface area contributed by atoms with E-state index < -0.39 is 11.6 Å². The SMILES string of the molecule is CC(O)CNCC(C)(C)[N+](=O)[O-]. The Bertz CT molecular complexity index is 157. The molecule has 0 aromatic heterocycles. The number of aliphatic hydroxyl groups is 1. The monoisotopic (exact) mass is 176 g/mol. The average molecular weight is 176 g/mol. The minimum Gasteiger partial charge on any atom is -0.392 e. The summed E-state index contributed by atoms with van der Waals surface area (Å²) in [4.78, 5) is 10.1. The predicted molar refractivity (Wildman–Crippen MR) is 45.6 cm³/mol. The van der Waals surface area contributed by atoms with Crippen molar-refractivity contribution >= 4 is 0 Å². The second-order valence-corrected chi connectivity index (χ2v) is 3.55. The fourth-order valence-corrected chi connectivity index (χ4v) is 0.652. The third-order valence-corrected chi connectivity index (χ3v) is 1.49. The van der Waals surface area contributed by atoms with E-state index in [-0.39, 0.29) is 11.5 Å². The normalized spacial score (nSPS) is 14.3. The standard InChI is InChI=1S/C7H16N2O3/c1-6(10)4-8-5-7(2,3)9(11)12/h6,8,10H,4-5H2,1-3H3. The Labute approximate surface area is 71.9 Å². The maximum absolute atomic E-state index is 10.4. The van der Waals surface area contributed by atoms with Gasteiger partial charge in [-0.2, -0.15) is 0 Å². The molecule has 0 radical (unpaired) electrons. The molecule has 1 atom stereocenters. The van der Waals surface area contributed by atoms with Gasteiger partial charge in [-0.1, -0.05) is 0 Å². The van der Waals surface area contributed by atoms with E-state index in [1.807, 2.05) is 0 Å². The van der Waals surface area contributed by atoms with Crippen LogP contribution in [0, 0.1) is 10.1 Å². The van der Waals surface area contributed by atoms with Crippen LogP contribution < -0.4 is 5.32 Å². The van der Waals surface area contributed by atoms with Gasteiger partial charge in [0, 0.05) is 25.3 Å². The molecular formula is C7H16N2O3. The van der Waals surface area contributed by atoms with Crippen LogP contribution in [0.1, 0.15) is 20.8 Å². The van der Waals surface area contributed by atoms with Gasteiger partial charge < -0.3 is 10.4 Å². The van der Waals surface area contributed by atoms with Crippen LogP contribution in [0.2, 0.25) is 0 Å². The highest BCUT2D eigenvalue weighted by molar-refractivity contribution is 4.70. The molecule has 0 aliphatic carbocycles. The second kappa shape index (κ2) is 4.37. The van der Waals surface area contributed by atoms with Gasteiger partial charge in [0.2, 0.25) is 5.54 Å². The summed E-state index contributed by atoms with van der Waals surface area (Å²) in [7, 11) is 0. The summed E-state index contributed by atoms with van der Waals surface area (Å²) in [5.74, 6) is 0. The van der Waals surface area contributed by atoms with Crippen molar-refractivity contribution in [2.24, 2.45) is 0 Å². The van der Waals surface area contributed by atoms with Crippen LogP contribution in [-0.2, 0) is 0 Å². The summed E-state index contributed by atoms with van der Waals surface area (Å²) in [6.45, 7) is 5.37. The fourth-order valence-electron chi connectivity index (χ4n) is 0.652. The van der Waals surface area contributed by atoms with Gasteiger partial charge in [0.05, 0.1) is 12.6 Å². The smallest absolute Gasteiger partial charge is 0.229 e. The molecule has 0 saturated carbocycles. The maximum Gasteiger partial charge on any atom is 0.229 e. The van der Waals surface area contributed by atoms with Crippen molar-refractivity contribution < 1.29 is 10.0 Å². The first-order valence-corrected chi connectivity index (χ1v) is 3.89. The van der Waals surface area contributed by atoms with Gasteiger partial charge in [-0.05, 0) is 6.92 Å². The number of nitrogens with zero attached hydrogens (tertiary/aromatic N) is 1. The Morgan fingerprint density at radius 1 is 1.67 bits per heavy atom. The summed E-state index contributed by atoms with van der Waals surface area (Å²) in [5, 5.41) is 22.1. The lowest BCUT2D eigenvalue weighted by Gasteiger charge is -2.16. The first kappa shape index (κ1) is 11.3. The summed E-state index contributed by atoms with van der Waals surface area (Å²) in [5.41, 5.74) is -0.963. The second-order valence-electron chi connectivity index (χ2n) is 3.55. The quantitative estimate of drug-likeness (QED) is 0.457. The van der Waals surface area contributed by atoms with E-state index in [1.165, 1.54) is 0 Å². The summed E-state index contributed by atoms with van der Waals surface area (Å²) in [6, 6.07) is 0. The summed E-state index contributed by atoms with van der Waals surface area (Å²) >= 11 is 0. The van der Waals surface area contributed by atoms with Gasteiger partial charge in [0.1, 0.15) is 0 Å². The molecule has 72 valence electrons.